The van der Waals surface area contributed by atoms with E-state index in [1.54, 1.807) is 38.3 Å². The van der Waals surface area contributed by atoms with Crippen LogP contribution in [0.4, 0.5) is 4.79 Å². The molecule has 1 fully saturated rings. The van der Waals surface area contributed by atoms with Crippen molar-refractivity contribution in [1.82, 2.24) is 21.1 Å². The summed E-state index contributed by atoms with van der Waals surface area (Å²) in [6.07, 6.45) is 0.750. The second kappa shape index (κ2) is 8.13. The van der Waals surface area contributed by atoms with E-state index in [0.717, 1.165) is 11.4 Å². The topological polar surface area (TPSA) is 91.9 Å². The molecule has 25 heavy (non-hydrogen) atoms. The molecule has 0 saturated carbocycles. The van der Waals surface area contributed by atoms with Gasteiger partial charge in [0.25, 0.3) is 5.91 Å². The zero-order chi connectivity index (χ0) is 18.4. The Morgan fingerprint density at radius 3 is 2.80 bits per heavy atom. The van der Waals surface area contributed by atoms with Crippen LogP contribution in [0.15, 0.2) is 24.3 Å². The Labute approximate surface area is 151 Å². The van der Waals surface area contributed by atoms with E-state index >= 15 is 0 Å². The highest BCUT2D eigenvalue weighted by atomic mass is 32.1. The van der Waals surface area contributed by atoms with E-state index in [9.17, 15) is 9.59 Å². The lowest BCUT2D eigenvalue weighted by Crippen LogP contribution is -2.51. The fourth-order valence-electron chi connectivity index (χ4n) is 2.43. The van der Waals surface area contributed by atoms with Crippen LogP contribution >= 0.6 is 12.2 Å². The van der Waals surface area contributed by atoms with Crippen LogP contribution in [-0.4, -0.2) is 49.4 Å². The molecule has 1 saturated heterocycles. The number of benzene rings is 1. The summed E-state index contributed by atoms with van der Waals surface area (Å²) in [7, 11) is 3.15. The first-order valence-electron chi connectivity index (χ1n) is 7.77. The van der Waals surface area contributed by atoms with Gasteiger partial charge in [0, 0.05) is 20.3 Å². The van der Waals surface area contributed by atoms with Crippen molar-refractivity contribution in [3.63, 3.8) is 0 Å². The predicted octanol–water partition coefficient (Wildman–Crippen LogP) is 0.878. The average molecular weight is 366 g/mol. The van der Waals surface area contributed by atoms with E-state index in [-0.39, 0.29) is 5.11 Å². The number of nitrogens with one attached hydrogen (secondary N) is 3. The predicted molar refractivity (Wildman–Crippen MR) is 96.0 cm³/mol. The van der Waals surface area contributed by atoms with Crippen LogP contribution in [0.2, 0.25) is 0 Å². The molecule has 0 radical (unpaired) electrons. The Balaban J connectivity index is 2.07. The third-order valence-corrected chi connectivity index (χ3v) is 4.10. The number of nitrogens with zero attached hydrogens (tertiary/aromatic N) is 1. The lowest BCUT2D eigenvalue weighted by Gasteiger charge is -2.23. The minimum atomic E-state index is -1.20. The second-order valence-electron chi connectivity index (χ2n) is 5.64. The van der Waals surface area contributed by atoms with Gasteiger partial charge in [0.1, 0.15) is 11.3 Å². The maximum absolute atomic E-state index is 12.8. The fraction of sp³-hybridized carbons (Fsp3) is 0.438. The van der Waals surface area contributed by atoms with E-state index in [4.69, 9.17) is 21.7 Å². The molecular weight excluding hydrogens is 344 g/mol. The highest BCUT2D eigenvalue weighted by Crippen LogP contribution is 2.30. The van der Waals surface area contributed by atoms with Crippen molar-refractivity contribution in [2.45, 2.75) is 18.9 Å². The Bertz CT molecular complexity index is 669. The van der Waals surface area contributed by atoms with Crippen molar-refractivity contribution in [3.05, 3.63) is 29.8 Å². The van der Waals surface area contributed by atoms with Crippen LogP contribution in [0.3, 0.4) is 0 Å². The molecular formula is C16H22N4O4S. The van der Waals surface area contributed by atoms with Gasteiger partial charge in [-0.2, -0.15) is 5.01 Å². The zero-order valence-electron chi connectivity index (χ0n) is 14.4. The quantitative estimate of drug-likeness (QED) is 0.375. The zero-order valence-corrected chi connectivity index (χ0v) is 15.2. The minimum Gasteiger partial charge on any atom is -0.497 e. The number of carbonyl (C=O) groups excluding carboxylic acids is 2. The first kappa shape index (κ1) is 18.9. The van der Waals surface area contributed by atoms with Gasteiger partial charge in [-0.15, -0.1) is 0 Å². The number of thiocarbonyl (C=S) groups is 1. The number of hydrogen-bond donors (Lipinski definition) is 3. The van der Waals surface area contributed by atoms with Crippen molar-refractivity contribution in [1.29, 1.82) is 0 Å². The SMILES string of the molecule is COCCCNC(=S)NN1C(=O)NC(C)(c2cccc(OC)c2)C1=O. The summed E-state index contributed by atoms with van der Waals surface area (Å²) in [5.41, 5.74) is 2.04. The molecule has 136 valence electrons. The number of amides is 3. The van der Waals surface area contributed by atoms with Crippen molar-refractivity contribution >= 4 is 29.3 Å². The number of hydrazine groups is 1. The molecule has 1 aromatic rings. The Kier molecular flexibility index (Phi) is 6.16. The van der Waals surface area contributed by atoms with Gasteiger partial charge in [-0.3, -0.25) is 10.2 Å². The van der Waals surface area contributed by atoms with E-state index < -0.39 is 17.5 Å². The molecule has 0 spiro atoms. The average Bonchev–Trinajstić information content (AvgIpc) is 2.83. The molecule has 2 rings (SSSR count). The van der Waals surface area contributed by atoms with Crippen LogP contribution < -0.4 is 20.8 Å². The Morgan fingerprint density at radius 2 is 2.12 bits per heavy atom. The van der Waals surface area contributed by atoms with Crippen molar-refractivity contribution < 1.29 is 19.1 Å². The molecule has 1 aliphatic heterocycles. The monoisotopic (exact) mass is 366 g/mol. The number of hydrogen-bond acceptors (Lipinski definition) is 5. The smallest absolute Gasteiger partial charge is 0.344 e. The Morgan fingerprint density at radius 1 is 1.36 bits per heavy atom. The van der Waals surface area contributed by atoms with Gasteiger partial charge in [0.15, 0.2) is 5.11 Å². The highest BCUT2D eigenvalue weighted by molar-refractivity contribution is 7.80. The number of ether oxygens (including phenoxy) is 2. The third kappa shape index (κ3) is 4.18. The fourth-order valence-corrected chi connectivity index (χ4v) is 2.62. The molecule has 0 bridgehead atoms. The molecule has 1 aliphatic rings. The summed E-state index contributed by atoms with van der Waals surface area (Å²) in [6, 6.07) is 6.42. The molecule has 0 aliphatic carbocycles. The summed E-state index contributed by atoms with van der Waals surface area (Å²) in [6.45, 7) is 2.79. The number of carbonyl (C=O) groups is 2. The molecule has 3 N–H and O–H groups in total. The second-order valence-corrected chi connectivity index (χ2v) is 6.05. The molecule has 0 aromatic heterocycles. The largest absolute Gasteiger partial charge is 0.497 e. The number of urea groups is 1. The summed E-state index contributed by atoms with van der Waals surface area (Å²) < 4.78 is 10.1. The highest BCUT2D eigenvalue weighted by Gasteiger charge is 2.49. The molecule has 1 unspecified atom stereocenters. The summed E-state index contributed by atoms with van der Waals surface area (Å²) in [5.74, 6) is 0.148. The lowest BCUT2D eigenvalue weighted by atomic mass is 9.92. The van der Waals surface area contributed by atoms with Crippen molar-refractivity contribution in [2.75, 3.05) is 27.4 Å². The first-order chi connectivity index (χ1) is 11.9. The summed E-state index contributed by atoms with van der Waals surface area (Å²) in [5, 5.41) is 6.68. The van der Waals surface area contributed by atoms with Crippen LogP contribution in [-0.2, 0) is 15.1 Å². The minimum absolute atomic E-state index is 0.189. The van der Waals surface area contributed by atoms with Gasteiger partial charge < -0.3 is 20.1 Å². The normalized spacial score (nSPS) is 19.6. The van der Waals surface area contributed by atoms with Gasteiger partial charge in [0.2, 0.25) is 0 Å². The van der Waals surface area contributed by atoms with Crippen LogP contribution in [0.1, 0.15) is 18.9 Å². The number of imide groups is 1. The first-order valence-corrected chi connectivity index (χ1v) is 8.18. The van der Waals surface area contributed by atoms with Crippen molar-refractivity contribution in [3.8, 4) is 5.75 Å². The molecule has 8 nitrogen and oxygen atoms in total. The van der Waals surface area contributed by atoms with Gasteiger partial charge in [-0.1, -0.05) is 12.1 Å². The van der Waals surface area contributed by atoms with Gasteiger partial charge in [0.05, 0.1) is 7.11 Å². The van der Waals surface area contributed by atoms with E-state index in [1.165, 1.54) is 7.11 Å². The van der Waals surface area contributed by atoms with Gasteiger partial charge in [-0.25, -0.2) is 4.79 Å². The standard InChI is InChI=1S/C16H22N4O4S/c1-16(11-6-4-7-12(10-11)24-3)13(21)20(15(22)18-16)19-14(25)17-8-5-9-23-2/h4,6-7,10H,5,8-9H2,1-3H3,(H,18,22)(H2,17,19,25). The molecule has 9 heteroatoms. The summed E-state index contributed by atoms with van der Waals surface area (Å²) in [4.78, 5) is 25.0. The van der Waals surface area contributed by atoms with Crippen LogP contribution in [0.5, 0.6) is 5.75 Å². The molecule has 1 atom stereocenters. The van der Waals surface area contributed by atoms with Crippen LogP contribution in [0, 0.1) is 0 Å². The van der Waals surface area contributed by atoms with Crippen molar-refractivity contribution in [2.24, 2.45) is 0 Å². The van der Waals surface area contributed by atoms with Gasteiger partial charge >= 0.3 is 6.03 Å². The number of methoxy groups -OCH3 is 2. The van der Waals surface area contributed by atoms with E-state index in [0.29, 0.717) is 24.5 Å². The number of rotatable bonds is 7. The van der Waals surface area contributed by atoms with E-state index in [2.05, 4.69) is 16.1 Å². The molecule has 1 aromatic carbocycles. The maximum Gasteiger partial charge on any atom is 0.344 e. The molecule has 3 amide bonds. The van der Waals surface area contributed by atoms with Gasteiger partial charge in [-0.05, 0) is 43.3 Å². The van der Waals surface area contributed by atoms with Crippen LogP contribution in [0.25, 0.3) is 0 Å². The Hall–Kier alpha value is -2.39. The summed E-state index contributed by atoms with van der Waals surface area (Å²) >= 11 is 5.12. The maximum atomic E-state index is 12.8. The van der Waals surface area contributed by atoms with E-state index in [1.807, 2.05) is 0 Å². The lowest BCUT2D eigenvalue weighted by molar-refractivity contribution is -0.132. The third-order valence-electron chi connectivity index (χ3n) is 3.86. The molecule has 1 heterocycles.